The maximum Gasteiger partial charge on any atom is 0.423 e. The fourth-order valence-electron chi connectivity index (χ4n) is 0.190. The minimum absolute atomic E-state index is 0.271. The third-order valence-electron chi connectivity index (χ3n) is 0.493. The summed E-state index contributed by atoms with van der Waals surface area (Å²) in [4.78, 5) is 39.2. The minimum atomic E-state index is -2.74. The molecule has 0 N–H and O–H groups in total. The summed E-state index contributed by atoms with van der Waals surface area (Å²) >= 11 is -2.74. The van der Waals surface area contributed by atoms with Crippen LogP contribution in [0.15, 0.2) is 0 Å². The molecule has 0 bridgehead atoms. The fraction of sp³-hybridized carbons (Fsp3) is 0. The Kier molecular flexibility index (Phi) is 4.46. The van der Waals surface area contributed by atoms with Gasteiger partial charge in [-0.2, -0.15) is 4.21 Å². The summed E-state index contributed by atoms with van der Waals surface area (Å²) < 4.78 is 17.6. The van der Waals surface area contributed by atoms with Gasteiger partial charge in [0, 0.05) is 0 Å². The molecule has 0 heterocycles. The highest BCUT2D eigenvalue weighted by molar-refractivity contribution is 7.76. The fourth-order valence-corrected chi connectivity index (χ4v) is 0.571. The van der Waals surface area contributed by atoms with Crippen LogP contribution < -0.4 is 0 Å². The first-order chi connectivity index (χ1) is 5.60. The Balaban J connectivity index is 3.89. The highest BCUT2D eigenvalue weighted by atomic mass is 32.2. The van der Waals surface area contributed by atoms with Crippen LogP contribution in [0.1, 0.15) is 0 Å². The number of carbonyl (C=O) groups excluding carboxylic acids is 4. The summed E-state index contributed by atoms with van der Waals surface area (Å²) in [6.45, 7) is 0. The molecule has 0 spiro atoms. The number of rotatable bonds is 4. The van der Waals surface area contributed by atoms with E-state index in [1.54, 1.807) is 0 Å². The molecule has 12 heavy (non-hydrogen) atoms. The molecular weight excluding hydrogens is 192 g/mol. The number of aldehydes is 2. The predicted octanol–water partition coefficient (Wildman–Crippen LogP) is -1.95. The van der Waals surface area contributed by atoms with Crippen molar-refractivity contribution in [1.29, 1.82) is 0 Å². The monoisotopic (exact) mass is 194 g/mol. The molecule has 0 aromatic carbocycles. The number of hydrogen-bond donors (Lipinski definition) is 0. The molecule has 0 aliphatic carbocycles. The first-order valence-electron chi connectivity index (χ1n) is 2.37. The Hall–Kier alpha value is -1.57. The van der Waals surface area contributed by atoms with Crippen molar-refractivity contribution in [2.24, 2.45) is 0 Å². The van der Waals surface area contributed by atoms with Crippen molar-refractivity contribution in [2.45, 2.75) is 0 Å². The largest absolute Gasteiger partial charge is 0.423 e. The van der Waals surface area contributed by atoms with E-state index in [-0.39, 0.29) is 12.6 Å². The van der Waals surface area contributed by atoms with Gasteiger partial charge in [0.2, 0.25) is 12.6 Å². The molecule has 7 nitrogen and oxygen atoms in total. The Morgan fingerprint density at radius 3 is 1.58 bits per heavy atom. The Morgan fingerprint density at radius 2 is 1.33 bits per heavy atom. The van der Waals surface area contributed by atoms with Gasteiger partial charge in [-0.05, 0) is 0 Å². The van der Waals surface area contributed by atoms with E-state index in [0.29, 0.717) is 0 Å². The van der Waals surface area contributed by atoms with E-state index in [0.717, 1.165) is 0 Å². The molecule has 0 saturated carbocycles. The highest BCUT2D eigenvalue weighted by Crippen LogP contribution is 1.88. The van der Waals surface area contributed by atoms with Crippen molar-refractivity contribution < 1.29 is 31.8 Å². The first kappa shape index (κ1) is 10.4. The van der Waals surface area contributed by atoms with Crippen LogP contribution in [-0.4, -0.2) is 28.7 Å². The van der Waals surface area contributed by atoms with E-state index in [1.165, 1.54) is 0 Å². The number of hydrogen-bond acceptors (Lipinski definition) is 7. The van der Waals surface area contributed by atoms with E-state index in [4.69, 9.17) is 0 Å². The van der Waals surface area contributed by atoms with Crippen LogP contribution in [0.2, 0.25) is 0 Å². The maximum absolute atomic E-state index is 10.3. The molecule has 0 unspecified atom stereocenters. The molecule has 0 rings (SSSR count). The van der Waals surface area contributed by atoms with Crippen molar-refractivity contribution >= 4 is 35.9 Å². The van der Waals surface area contributed by atoms with Crippen LogP contribution in [-0.2, 0) is 38.9 Å². The van der Waals surface area contributed by atoms with E-state index < -0.39 is 23.3 Å². The van der Waals surface area contributed by atoms with Gasteiger partial charge in [0.05, 0.1) is 0 Å². The molecular formula is C4H2O7S. The maximum atomic E-state index is 10.3. The summed E-state index contributed by atoms with van der Waals surface area (Å²) in [6.07, 6.45) is -0.542. The second-order valence-corrected chi connectivity index (χ2v) is 1.99. The van der Waals surface area contributed by atoms with Gasteiger partial charge < -0.3 is 8.37 Å². The highest BCUT2D eigenvalue weighted by Gasteiger charge is 2.12. The Morgan fingerprint density at radius 1 is 1.00 bits per heavy atom. The zero-order valence-electron chi connectivity index (χ0n) is 5.42. The van der Waals surface area contributed by atoms with Gasteiger partial charge in [0.1, 0.15) is 0 Å². The molecule has 0 radical (unpaired) electrons. The molecule has 0 saturated heterocycles. The third-order valence-corrected chi connectivity index (χ3v) is 1.09. The van der Waals surface area contributed by atoms with Crippen LogP contribution in [0, 0.1) is 0 Å². The lowest BCUT2D eigenvalue weighted by atomic mass is 10.8. The summed E-state index contributed by atoms with van der Waals surface area (Å²) in [7, 11) is 0. The topological polar surface area (TPSA) is 104 Å². The van der Waals surface area contributed by atoms with E-state index >= 15 is 0 Å². The molecule has 66 valence electrons. The van der Waals surface area contributed by atoms with Crippen LogP contribution in [0.5, 0.6) is 0 Å². The van der Waals surface area contributed by atoms with Crippen molar-refractivity contribution in [3.63, 3.8) is 0 Å². The van der Waals surface area contributed by atoms with E-state index in [2.05, 4.69) is 8.37 Å². The van der Waals surface area contributed by atoms with Gasteiger partial charge in [-0.3, -0.25) is 9.59 Å². The minimum Gasteiger partial charge on any atom is -0.327 e. The van der Waals surface area contributed by atoms with Crippen LogP contribution in [0.3, 0.4) is 0 Å². The van der Waals surface area contributed by atoms with Crippen molar-refractivity contribution in [2.75, 3.05) is 0 Å². The molecule has 0 atom stereocenters. The summed E-state index contributed by atoms with van der Waals surface area (Å²) in [5.74, 6) is -2.93. The smallest absolute Gasteiger partial charge is 0.327 e. The van der Waals surface area contributed by atoms with Gasteiger partial charge in [-0.1, -0.05) is 0 Å². The van der Waals surface area contributed by atoms with Crippen molar-refractivity contribution in [3.8, 4) is 0 Å². The lowest BCUT2D eigenvalue weighted by molar-refractivity contribution is -0.144. The van der Waals surface area contributed by atoms with Gasteiger partial charge >= 0.3 is 23.3 Å². The first-order valence-corrected chi connectivity index (χ1v) is 3.37. The quantitative estimate of drug-likeness (QED) is 0.378. The standard InChI is InChI=1S/C4H2O7S/c5-1-3(7)10-12(9)11-4(8)2-6/h1-2H. The summed E-state index contributed by atoms with van der Waals surface area (Å²) in [5.41, 5.74) is 0. The zero-order chi connectivity index (χ0) is 9.56. The predicted molar refractivity (Wildman–Crippen MR) is 32.5 cm³/mol. The Bertz CT molecular complexity index is 220. The van der Waals surface area contributed by atoms with Crippen molar-refractivity contribution in [3.05, 3.63) is 0 Å². The third kappa shape index (κ3) is 4.28. The lowest BCUT2D eigenvalue weighted by Crippen LogP contribution is -2.14. The number of carbonyl (C=O) groups is 4. The molecule has 0 aromatic heterocycles. The average Bonchev–Trinajstić information content (AvgIpc) is 2.03. The van der Waals surface area contributed by atoms with Gasteiger partial charge in [0.25, 0.3) is 0 Å². The summed E-state index contributed by atoms with van der Waals surface area (Å²) in [6, 6.07) is 0. The second-order valence-electron chi connectivity index (χ2n) is 1.24. The second kappa shape index (κ2) is 5.13. The SMILES string of the molecule is O=CC(=O)OS(=O)OC(=O)C=O. The molecule has 0 fully saturated rings. The average molecular weight is 194 g/mol. The molecule has 0 aromatic rings. The zero-order valence-corrected chi connectivity index (χ0v) is 6.24. The molecule has 0 aliphatic rings. The van der Waals surface area contributed by atoms with Gasteiger partial charge in [-0.25, -0.2) is 9.59 Å². The lowest BCUT2D eigenvalue weighted by Gasteiger charge is -1.95. The molecule has 0 amide bonds. The van der Waals surface area contributed by atoms with Gasteiger partial charge in [0.15, 0.2) is 0 Å². The van der Waals surface area contributed by atoms with Crippen molar-refractivity contribution in [1.82, 2.24) is 0 Å². The van der Waals surface area contributed by atoms with E-state index in [9.17, 15) is 23.4 Å². The van der Waals surface area contributed by atoms with Crippen LogP contribution >= 0.6 is 0 Å². The van der Waals surface area contributed by atoms with E-state index in [1.807, 2.05) is 0 Å². The molecule has 0 aliphatic heterocycles. The normalized spacial score (nSPS) is 8.75. The van der Waals surface area contributed by atoms with Crippen LogP contribution in [0.25, 0.3) is 0 Å². The van der Waals surface area contributed by atoms with Gasteiger partial charge in [-0.15, -0.1) is 0 Å². The van der Waals surface area contributed by atoms with Crippen LogP contribution in [0.4, 0.5) is 0 Å². The summed E-state index contributed by atoms with van der Waals surface area (Å²) in [5, 5.41) is 0. The molecule has 8 heteroatoms. The Labute approximate surface area is 68.5 Å².